The fraction of sp³-hybridized carbons (Fsp3) is 0.538. The molecule has 3 nitrogen and oxygen atoms in total. The molecule has 0 spiro atoms. The molecule has 3 heteroatoms. The van der Waals surface area contributed by atoms with Gasteiger partial charge in [0.25, 0.3) is 0 Å². The van der Waals surface area contributed by atoms with Gasteiger partial charge in [0.1, 0.15) is 0 Å². The van der Waals surface area contributed by atoms with Crippen LogP contribution in [0.3, 0.4) is 0 Å². The molecule has 1 heterocycles. The molecule has 0 aliphatic carbocycles. The third kappa shape index (κ3) is 2.82. The molecule has 1 saturated heterocycles. The monoisotopic (exact) mass is 220 g/mol. The van der Waals surface area contributed by atoms with E-state index in [9.17, 15) is 5.11 Å². The van der Waals surface area contributed by atoms with Crippen molar-refractivity contribution in [1.29, 1.82) is 0 Å². The molecule has 0 bridgehead atoms. The number of rotatable bonds is 4. The Kier molecular flexibility index (Phi) is 3.93. The number of aliphatic hydroxyl groups excluding tert-OH is 1. The number of benzene rings is 1. The van der Waals surface area contributed by atoms with Crippen LogP contribution in [-0.4, -0.2) is 42.3 Å². The number of β-amino-alcohol motifs (C(OH)–C–C–N with tert-alkyl or cyclic N) is 1. The van der Waals surface area contributed by atoms with E-state index in [0.717, 1.165) is 26.1 Å². The average Bonchev–Trinajstić information content (AvgIpc) is 2.73. The van der Waals surface area contributed by atoms with Gasteiger partial charge >= 0.3 is 0 Å². The quantitative estimate of drug-likeness (QED) is 0.789. The van der Waals surface area contributed by atoms with Gasteiger partial charge in [-0.15, -0.1) is 0 Å². The third-order valence-electron chi connectivity index (χ3n) is 3.28. The molecule has 2 unspecified atom stereocenters. The molecule has 1 aromatic carbocycles. The Morgan fingerprint density at radius 1 is 1.38 bits per heavy atom. The van der Waals surface area contributed by atoms with E-state index in [1.54, 1.807) is 0 Å². The van der Waals surface area contributed by atoms with E-state index in [1.165, 1.54) is 5.56 Å². The van der Waals surface area contributed by atoms with Crippen molar-refractivity contribution in [2.75, 3.05) is 26.2 Å². The minimum absolute atomic E-state index is 0.144. The van der Waals surface area contributed by atoms with Crippen LogP contribution < -0.4 is 5.73 Å². The van der Waals surface area contributed by atoms with Gasteiger partial charge in [-0.1, -0.05) is 30.3 Å². The maximum atomic E-state index is 9.48. The first kappa shape index (κ1) is 11.6. The summed E-state index contributed by atoms with van der Waals surface area (Å²) in [6.45, 7) is 3.40. The van der Waals surface area contributed by atoms with Gasteiger partial charge in [-0.3, -0.25) is 0 Å². The molecule has 0 radical (unpaired) electrons. The van der Waals surface area contributed by atoms with Crippen LogP contribution in [0.25, 0.3) is 0 Å². The highest BCUT2D eigenvalue weighted by molar-refractivity contribution is 5.20. The van der Waals surface area contributed by atoms with Crippen LogP contribution in [0, 0.1) is 0 Å². The summed E-state index contributed by atoms with van der Waals surface area (Å²) in [5.41, 5.74) is 7.13. The summed E-state index contributed by atoms with van der Waals surface area (Å²) in [6.07, 6.45) is 0.751. The molecule has 16 heavy (non-hydrogen) atoms. The molecule has 1 aromatic rings. The van der Waals surface area contributed by atoms with Crippen LogP contribution >= 0.6 is 0 Å². The van der Waals surface area contributed by atoms with Crippen molar-refractivity contribution >= 4 is 0 Å². The number of nitrogens with zero attached hydrogens (tertiary/aromatic N) is 1. The number of hydrogen-bond acceptors (Lipinski definition) is 3. The van der Waals surface area contributed by atoms with Crippen molar-refractivity contribution < 1.29 is 5.11 Å². The second kappa shape index (κ2) is 5.43. The summed E-state index contributed by atoms with van der Waals surface area (Å²) in [5, 5.41) is 9.48. The topological polar surface area (TPSA) is 49.5 Å². The summed E-state index contributed by atoms with van der Waals surface area (Å²) in [5.74, 6) is 0.381. The predicted octanol–water partition coefficient (Wildman–Crippen LogP) is 0.795. The molecule has 1 aliphatic rings. The smallest absolute Gasteiger partial charge is 0.0679 e. The lowest BCUT2D eigenvalue weighted by atomic mass is 9.99. The first-order valence-corrected chi connectivity index (χ1v) is 5.95. The van der Waals surface area contributed by atoms with Gasteiger partial charge < -0.3 is 15.7 Å². The van der Waals surface area contributed by atoms with Gasteiger partial charge in [0.15, 0.2) is 0 Å². The summed E-state index contributed by atoms with van der Waals surface area (Å²) < 4.78 is 0. The maximum absolute atomic E-state index is 9.48. The number of likely N-dealkylation sites (tertiary alicyclic amines) is 1. The molecule has 2 atom stereocenters. The van der Waals surface area contributed by atoms with Gasteiger partial charge in [-0.25, -0.2) is 0 Å². The number of aliphatic hydroxyl groups is 1. The minimum atomic E-state index is -0.144. The summed E-state index contributed by atoms with van der Waals surface area (Å²) in [6, 6.07) is 10.4. The molecule has 3 N–H and O–H groups in total. The highest BCUT2D eigenvalue weighted by Gasteiger charge is 2.22. The van der Waals surface area contributed by atoms with E-state index in [1.807, 2.05) is 6.07 Å². The first-order chi connectivity index (χ1) is 7.79. The number of hydrogen-bond donors (Lipinski definition) is 2. The van der Waals surface area contributed by atoms with E-state index >= 15 is 0 Å². The van der Waals surface area contributed by atoms with Crippen LogP contribution in [-0.2, 0) is 0 Å². The second-order valence-electron chi connectivity index (χ2n) is 4.55. The lowest BCUT2D eigenvalue weighted by molar-refractivity contribution is 0.174. The Bertz CT molecular complexity index is 315. The fourth-order valence-electron chi connectivity index (χ4n) is 2.33. The molecule has 88 valence electrons. The summed E-state index contributed by atoms with van der Waals surface area (Å²) in [7, 11) is 0. The van der Waals surface area contributed by atoms with Gasteiger partial charge in [0, 0.05) is 32.1 Å². The molecular formula is C13H20N2O. The molecule has 0 aromatic heterocycles. The second-order valence-corrected chi connectivity index (χ2v) is 4.55. The van der Waals surface area contributed by atoms with E-state index in [2.05, 4.69) is 29.2 Å². The van der Waals surface area contributed by atoms with Crippen LogP contribution in [0.15, 0.2) is 30.3 Å². The molecule has 0 saturated carbocycles. The molecule has 0 amide bonds. The Balaban J connectivity index is 1.96. The van der Waals surface area contributed by atoms with E-state index < -0.39 is 0 Å². The lowest BCUT2D eigenvalue weighted by Gasteiger charge is -2.22. The maximum Gasteiger partial charge on any atom is 0.0679 e. The highest BCUT2D eigenvalue weighted by Crippen LogP contribution is 2.18. The normalized spacial score (nSPS) is 23.5. The van der Waals surface area contributed by atoms with Crippen molar-refractivity contribution in [3.63, 3.8) is 0 Å². The Morgan fingerprint density at radius 2 is 2.12 bits per heavy atom. The van der Waals surface area contributed by atoms with Crippen molar-refractivity contribution in [3.05, 3.63) is 35.9 Å². The zero-order valence-corrected chi connectivity index (χ0v) is 9.55. The Morgan fingerprint density at radius 3 is 2.69 bits per heavy atom. The van der Waals surface area contributed by atoms with Crippen molar-refractivity contribution in [1.82, 2.24) is 4.90 Å². The largest absolute Gasteiger partial charge is 0.392 e. The van der Waals surface area contributed by atoms with Crippen molar-refractivity contribution in [2.24, 2.45) is 5.73 Å². The SMILES string of the molecule is NCC(CN1CCC(O)C1)c1ccccc1. The van der Waals surface area contributed by atoms with E-state index in [0.29, 0.717) is 12.5 Å². The molecule has 1 aliphatic heterocycles. The third-order valence-corrected chi connectivity index (χ3v) is 3.28. The van der Waals surface area contributed by atoms with Gasteiger partial charge in [-0.05, 0) is 12.0 Å². The van der Waals surface area contributed by atoms with Gasteiger partial charge in [0.2, 0.25) is 0 Å². The van der Waals surface area contributed by atoms with Crippen LogP contribution in [0.2, 0.25) is 0 Å². The standard InChI is InChI=1S/C13H20N2O/c14-8-12(11-4-2-1-3-5-11)9-15-7-6-13(16)10-15/h1-5,12-13,16H,6-10,14H2. The van der Waals surface area contributed by atoms with E-state index in [-0.39, 0.29) is 6.10 Å². The number of nitrogens with two attached hydrogens (primary N) is 1. The minimum Gasteiger partial charge on any atom is -0.392 e. The first-order valence-electron chi connectivity index (χ1n) is 5.95. The predicted molar refractivity (Wildman–Crippen MR) is 65.3 cm³/mol. The van der Waals surface area contributed by atoms with Gasteiger partial charge in [-0.2, -0.15) is 0 Å². The Labute approximate surface area is 96.9 Å². The van der Waals surface area contributed by atoms with Crippen molar-refractivity contribution in [2.45, 2.75) is 18.4 Å². The van der Waals surface area contributed by atoms with Gasteiger partial charge in [0.05, 0.1) is 6.10 Å². The molecular weight excluding hydrogens is 200 g/mol. The lowest BCUT2D eigenvalue weighted by Crippen LogP contribution is -2.30. The van der Waals surface area contributed by atoms with Crippen LogP contribution in [0.1, 0.15) is 17.9 Å². The highest BCUT2D eigenvalue weighted by atomic mass is 16.3. The summed E-state index contributed by atoms with van der Waals surface area (Å²) in [4.78, 5) is 2.30. The average molecular weight is 220 g/mol. The Hall–Kier alpha value is -0.900. The van der Waals surface area contributed by atoms with Crippen molar-refractivity contribution in [3.8, 4) is 0 Å². The molecule has 1 fully saturated rings. The summed E-state index contributed by atoms with van der Waals surface area (Å²) >= 11 is 0. The zero-order valence-electron chi connectivity index (χ0n) is 9.55. The fourth-order valence-corrected chi connectivity index (χ4v) is 2.33. The van der Waals surface area contributed by atoms with E-state index in [4.69, 9.17) is 5.73 Å². The molecule has 2 rings (SSSR count). The zero-order chi connectivity index (χ0) is 11.4. The van der Waals surface area contributed by atoms with Crippen LogP contribution in [0.5, 0.6) is 0 Å². The van der Waals surface area contributed by atoms with Crippen LogP contribution in [0.4, 0.5) is 0 Å².